The van der Waals surface area contributed by atoms with Crippen LogP contribution in [0.5, 0.6) is 0 Å². The van der Waals surface area contributed by atoms with Crippen LogP contribution < -0.4 is 0 Å². The van der Waals surface area contributed by atoms with Crippen LogP contribution in [0.1, 0.15) is 92.9 Å². The third-order valence-electron chi connectivity index (χ3n) is 9.16. The minimum Gasteiger partial charge on any atom is -0.0993 e. The van der Waals surface area contributed by atoms with Crippen molar-refractivity contribution in [3.05, 3.63) is 12.2 Å². The lowest BCUT2D eigenvalue weighted by Gasteiger charge is -2.56. The Bertz CT molecular complexity index is 474. The van der Waals surface area contributed by atoms with Crippen molar-refractivity contribution in [3.63, 3.8) is 0 Å². The molecule has 3 saturated carbocycles. The van der Waals surface area contributed by atoms with Gasteiger partial charge in [-0.3, -0.25) is 0 Å². The Hall–Kier alpha value is -0.260. The molecule has 3 fully saturated rings. The predicted octanol–water partition coefficient (Wildman–Crippen LogP) is 7.49. The normalized spacial score (nSPS) is 49.5. The summed E-state index contributed by atoms with van der Waals surface area (Å²) in [4.78, 5) is 0. The van der Waals surface area contributed by atoms with Gasteiger partial charge in [0.1, 0.15) is 0 Å². The number of hydrogen-bond acceptors (Lipinski definition) is 0. The smallest absolute Gasteiger partial charge is 0.00879 e. The molecule has 0 heteroatoms. The van der Waals surface area contributed by atoms with Gasteiger partial charge in [-0.05, 0) is 91.3 Å². The molecule has 0 aliphatic heterocycles. The molecular formula is C24H42. The first-order chi connectivity index (χ1) is 11.2. The lowest BCUT2D eigenvalue weighted by atomic mass is 9.49. The predicted molar refractivity (Wildman–Crippen MR) is 106 cm³/mol. The second-order valence-corrected chi connectivity index (χ2v) is 10.6. The van der Waals surface area contributed by atoms with Gasteiger partial charge in [-0.15, -0.1) is 0 Å². The lowest BCUT2D eigenvalue weighted by molar-refractivity contribution is -0.0457. The third-order valence-corrected chi connectivity index (χ3v) is 9.16. The first-order valence-electron chi connectivity index (χ1n) is 10.9. The van der Waals surface area contributed by atoms with Crippen molar-refractivity contribution in [2.75, 3.05) is 0 Å². The molecule has 0 bridgehead atoms. The Kier molecular flexibility index (Phi) is 5.00. The molecular weight excluding hydrogens is 288 g/mol. The molecule has 0 aromatic rings. The van der Waals surface area contributed by atoms with Crippen LogP contribution in [-0.2, 0) is 0 Å². The van der Waals surface area contributed by atoms with E-state index in [1.54, 1.807) is 5.57 Å². The summed E-state index contributed by atoms with van der Waals surface area (Å²) in [6.45, 7) is 19.7. The third kappa shape index (κ3) is 2.71. The van der Waals surface area contributed by atoms with Crippen molar-refractivity contribution in [3.8, 4) is 0 Å². The van der Waals surface area contributed by atoms with Crippen LogP contribution in [0.4, 0.5) is 0 Å². The molecule has 0 heterocycles. The van der Waals surface area contributed by atoms with Gasteiger partial charge in [0.25, 0.3) is 0 Å². The second-order valence-electron chi connectivity index (χ2n) is 10.6. The maximum Gasteiger partial charge on any atom is -0.00879 e. The molecule has 3 aliphatic rings. The average Bonchev–Trinajstić information content (AvgIpc) is 2.87. The van der Waals surface area contributed by atoms with Crippen LogP contribution in [0.15, 0.2) is 12.2 Å². The molecule has 0 aromatic carbocycles. The molecule has 3 rings (SSSR count). The first-order valence-corrected chi connectivity index (χ1v) is 10.9. The van der Waals surface area contributed by atoms with Crippen LogP contribution in [-0.4, -0.2) is 0 Å². The van der Waals surface area contributed by atoms with Crippen molar-refractivity contribution in [2.24, 2.45) is 46.3 Å². The van der Waals surface area contributed by atoms with Crippen molar-refractivity contribution in [1.82, 2.24) is 0 Å². The molecule has 0 spiro atoms. The summed E-state index contributed by atoms with van der Waals surface area (Å²) in [6.07, 6.45) is 11.4. The monoisotopic (exact) mass is 330 g/mol. The highest BCUT2D eigenvalue weighted by molar-refractivity contribution is 5.18. The Morgan fingerprint density at radius 3 is 2.33 bits per heavy atom. The fraction of sp³-hybridized carbons (Fsp3) is 0.917. The molecule has 0 N–H and O–H groups in total. The zero-order chi connectivity index (χ0) is 17.7. The lowest BCUT2D eigenvalue weighted by Crippen LogP contribution is -2.48. The van der Waals surface area contributed by atoms with Gasteiger partial charge < -0.3 is 0 Å². The molecule has 0 saturated heterocycles. The summed E-state index contributed by atoms with van der Waals surface area (Å²) in [5.74, 6) is 5.47. The average molecular weight is 331 g/mol. The summed E-state index contributed by atoms with van der Waals surface area (Å²) in [6, 6.07) is 0. The Morgan fingerprint density at radius 1 is 1.04 bits per heavy atom. The first kappa shape index (κ1) is 18.5. The zero-order valence-corrected chi connectivity index (χ0v) is 17.3. The van der Waals surface area contributed by atoms with E-state index >= 15 is 0 Å². The summed E-state index contributed by atoms with van der Waals surface area (Å²) >= 11 is 0. The summed E-state index contributed by atoms with van der Waals surface area (Å²) in [7, 11) is 0. The van der Waals surface area contributed by atoms with E-state index < -0.39 is 0 Å². The zero-order valence-electron chi connectivity index (χ0n) is 17.3. The number of allylic oxidation sites excluding steroid dienone is 1. The van der Waals surface area contributed by atoms with Gasteiger partial charge in [0.2, 0.25) is 0 Å². The molecule has 3 aliphatic carbocycles. The molecule has 7 atom stereocenters. The van der Waals surface area contributed by atoms with Crippen LogP contribution in [0, 0.1) is 46.3 Å². The standard InChI is InChI=1S/C24H42/c1-8-19-21-10-9-20(16(2)3)24(21,7)14-12-22(19)23(6)13-11-17(4)15-18(23)5/h16-17,19-22H,5,8-15H2,1-4,6-7H3. The highest BCUT2D eigenvalue weighted by atomic mass is 14.6. The van der Waals surface area contributed by atoms with Crippen molar-refractivity contribution in [1.29, 1.82) is 0 Å². The van der Waals surface area contributed by atoms with Gasteiger partial charge in [-0.25, -0.2) is 0 Å². The van der Waals surface area contributed by atoms with E-state index in [4.69, 9.17) is 0 Å². The fourth-order valence-corrected chi connectivity index (χ4v) is 7.71. The maximum atomic E-state index is 4.61. The fourth-order valence-electron chi connectivity index (χ4n) is 7.71. The number of hydrogen-bond donors (Lipinski definition) is 0. The van der Waals surface area contributed by atoms with E-state index in [9.17, 15) is 0 Å². The van der Waals surface area contributed by atoms with Gasteiger partial charge >= 0.3 is 0 Å². The van der Waals surface area contributed by atoms with Gasteiger partial charge in [-0.2, -0.15) is 0 Å². The van der Waals surface area contributed by atoms with Gasteiger partial charge in [-0.1, -0.05) is 60.1 Å². The topological polar surface area (TPSA) is 0 Å². The summed E-state index contributed by atoms with van der Waals surface area (Å²) in [5, 5.41) is 0. The minimum atomic E-state index is 0.421. The van der Waals surface area contributed by atoms with Crippen molar-refractivity contribution in [2.45, 2.75) is 92.9 Å². The molecule has 0 aromatic heterocycles. The molecule has 24 heavy (non-hydrogen) atoms. The van der Waals surface area contributed by atoms with Gasteiger partial charge in [0.05, 0.1) is 0 Å². The van der Waals surface area contributed by atoms with Crippen LogP contribution >= 0.6 is 0 Å². The molecule has 138 valence electrons. The molecule has 0 amide bonds. The summed E-state index contributed by atoms with van der Waals surface area (Å²) < 4.78 is 0. The van der Waals surface area contributed by atoms with Gasteiger partial charge in [0, 0.05) is 0 Å². The van der Waals surface area contributed by atoms with Crippen LogP contribution in [0.2, 0.25) is 0 Å². The SMILES string of the molecule is C=C1CC(C)CCC1(C)C1CCC2(C)C(C(C)C)CCC2C1CC. The van der Waals surface area contributed by atoms with E-state index in [-0.39, 0.29) is 0 Å². The number of rotatable bonds is 3. The second kappa shape index (κ2) is 6.48. The molecule has 0 radical (unpaired) electrons. The van der Waals surface area contributed by atoms with E-state index in [0.717, 1.165) is 35.5 Å². The molecule has 0 nitrogen and oxygen atoms in total. The maximum absolute atomic E-state index is 4.61. The Balaban J connectivity index is 1.87. The minimum absolute atomic E-state index is 0.421. The van der Waals surface area contributed by atoms with Crippen LogP contribution in [0.3, 0.4) is 0 Å². The Labute approximate surface area is 151 Å². The van der Waals surface area contributed by atoms with Gasteiger partial charge in [0.15, 0.2) is 0 Å². The van der Waals surface area contributed by atoms with E-state index in [1.807, 2.05) is 0 Å². The van der Waals surface area contributed by atoms with Crippen molar-refractivity contribution >= 4 is 0 Å². The quantitative estimate of drug-likeness (QED) is 0.470. The van der Waals surface area contributed by atoms with E-state index in [0.29, 0.717) is 10.8 Å². The largest absolute Gasteiger partial charge is 0.0993 e. The van der Waals surface area contributed by atoms with Crippen molar-refractivity contribution < 1.29 is 0 Å². The molecule has 7 unspecified atom stereocenters. The van der Waals surface area contributed by atoms with E-state index in [1.165, 1.54) is 51.4 Å². The summed E-state index contributed by atoms with van der Waals surface area (Å²) in [5.41, 5.74) is 2.63. The van der Waals surface area contributed by atoms with Crippen LogP contribution in [0.25, 0.3) is 0 Å². The number of fused-ring (bicyclic) bond motifs is 1. The highest BCUT2D eigenvalue weighted by Crippen LogP contribution is 2.65. The highest BCUT2D eigenvalue weighted by Gasteiger charge is 2.57. The van der Waals surface area contributed by atoms with E-state index in [2.05, 4.69) is 48.1 Å². The Morgan fingerprint density at radius 2 is 1.75 bits per heavy atom.